The van der Waals surface area contributed by atoms with Gasteiger partial charge in [0, 0.05) is 19.7 Å². The number of carboxylic acid groups (broad SMARTS) is 1. The van der Waals surface area contributed by atoms with Crippen LogP contribution in [-0.2, 0) is 9.53 Å². The molecule has 2 N–H and O–H groups in total. The van der Waals surface area contributed by atoms with E-state index in [0.29, 0.717) is 13.2 Å². The largest absolute Gasteiger partial charge is 0.479 e. The van der Waals surface area contributed by atoms with Gasteiger partial charge in [0.15, 0.2) is 5.60 Å². The van der Waals surface area contributed by atoms with Gasteiger partial charge < -0.3 is 19.8 Å². The molecule has 1 aliphatic rings. The fourth-order valence-electron chi connectivity index (χ4n) is 1.43. The molecule has 0 aromatic rings. The molecular weight excluding hydrogens is 210 g/mol. The monoisotopic (exact) mass is 231 g/mol. The summed E-state index contributed by atoms with van der Waals surface area (Å²) in [5.74, 6) is -0.453. The molecule has 0 aromatic carbocycles. The molecule has 94 valence electrons. The first-order chi connectivity index (χ1) is 7.42. The molecule has 1 aliphatic carbocycles. The van der Waals surface area contributed by atoms with Crippen LogP contribution in [0.5, 0.6) is 0 Å². The first-order valence-electron chi connectivity index (χ1n) is 5.64. The van der Waals surface area contributed by atoms with Gasteiger partial charge in [0.25, 0.3) is 0 Å². The number of carbonyl (C=O) groups is 1. The third-order valence-corrected chi connectivity index (χ3v) is 2.71. The summed E-state index contributed by atoms with van der Waals surface area (Å²) >= 11 is 0. The number of aliphatic carboxylic acids is 1. The summed E-state index contributed by atoms with van der Waals surface area (Å²) in [5.41, 5.74) is -1.69. The third-order valence-electron chi connectivity index (χ3n) is 2.71. The number of hydrogen-bond acceptors (Lipinski definition) is 4. The van der Waals surface area contributed by atoms with E-state index < -0.39 is 11.6 Å². The quantitative estimate of drug-likeness (QED) is 0.583. The van der Waals surface area contributed by atoms with Crippen molar-refractivity contribution in [3.8, 4) is 0 Å². The van der Waals surface area contributed by atoms with Crippen LogP contribution in [0.2, 0.25) is 0 Å². The summed E-state index contributed by atoms with van der Waals surface area (Å²) in [4.78, 5) is 12.4. The average Bonchev–Trinajstić information content (AvgIpc) is 2.95. The lowest BCUT2D eigenvalue weighted by atomic mass is 10.1. The summed E-state index contributed by atoms with van der Waals surface area (Å²) < 4.78 is 5.43. The van der Waals surface area contributed by atoms with Gasteiger partial charge in [0.05, 0.1) is 6.61 Å². The number of rotatable bonds is 8. The Morgan fingerprint density at radius 3 is 2.69 bits per heavy atom. The summed E-state index contributed by atoms with van der Waals surface area (Å²) in [5, 5.41) is 18.3. The van der Waals surface area contributed by atoms with E-state index in [2.05, 4.69) is 0 Å². The molecule has 0 radical (unpaired) electrons. The first-order valence-corrected chi connectivity index (χ1v) is 5.64. The van der Waals surface area contributed by atoms with Crippen LogP contribution in [0.3, 0.4) is 0 Å². The highest BCUT2D eigenvalue weighted by Crippen LogP contribution is 2.28. The number of carboxylic acids is 1. The van der Waals surface area contributed by atoms with Gasteiger partial charge >= 0.3 is 5.97 Å². The van der Waals surface area contributed by atoms with Crippen molar-refractivity contribution in [3.63, 3.8) is 0 Å². The minimum atomic E-state index is -1.69. The van der Waals surface area contributed by atoms with Gasteiger partial charge in [-0.2, -0.15) is 0 Å². The maximum atomic E-state index is 10.7. The smallest absolute Gasteiger partial charge is 0.336 e. The van der Waals surface area contributed by atoms with Crippen LogP contribution < -0.4 is 0 Å². The SMILES string of the molecule is CN(CCOCC1CC1)CC(C)(O)C(=O)O. The van der Waals surface area contributed by atoms with Crippen LogP contribution in [0.15, 0.2) is 0 Å². The molecule has 0 spiro atoms. The Balaban J connectivity index is 2.08. The second-order valence-electron chi connectivity index (χ2n) is 4.84. The molecule has 5 nitrogen and oxygen atoms in total. The summed E-state index contributed by atoms with van der Waals surface area (Å²) in [6, 6.07) is 0. The van der Waals surface area contributed by atoms with Crippen molar-refractivity contribution in [2.45, 2.75) is 25.4 Å². The Hall–Kier alpha value is -0.650. The Labute approximate surface area is 96.0 Å². The van der Waals surface area contributed by atoms with Crippen molar-refractivity contribution in [3.05, 3.63) is 0 Å². The van der Waals surface area contributed by atoms with Crippen LogP contribution in [-0.4, -0.2) is 60.0 Å². The van der Waals surface area contributed by atoms with E-state index in [4.69, 9.17) is 9.84 Å². The van der Waals surface area contributed by atoms with Gasteiger partial charge in [0.2, 0.25) is 0 Å². The Morgan fingerprint density at radius 1 is 1.56 bits per heavy atom. The third kappa shape index (κ3) is 4.92. The maximum absolute atomic E-state index is 10.7. The molecule has 1 fully saturated rings. The molecule has 0 saturated heterocycles. The highest BCUT2D eigenvalue weighted by Gasteiger charge is 2.31. The van der Waals surface area contributed by atoms with E-state index in [1.54, 1.807) is 11.9 Å². The van der Waals surface area contributed by atoms with Gasteiger partial charge in [-0.1, -0.05) is 0 Å². The lowest BCUT2D eigenvalue weighted by Gasteiger charge is -2.25. The van der Waals surface area contributed by atoms with Crippen molar-refractivity contribution in [2.75, 3.05) is 33.4 Å². The first kappa shape index (κ1) is 13.4. The number of ether oxygens (including phenoxy) is 1. The summed E-state index contributed by atoms with van der Waals surface area (Å²) in [6.45, 7) is 3.44. The summed E-state index contributed by atoms with van der Waals surface area (Å²) in [7, 11) is 1.78. The Bertz CT molecular complexity index is 238. The molecule has 0 bridgehead atoms. The van der Waals surface area contributed by atoms with Crippen LogP contribution in [0.1, 0.15) is 19.8 Å². The summed E-state index contributed by atoms with van der Waals surface area (Å²) in [6.07, 6.45) is 2.53. The standard InChI is InChI=1S/C11H21NO4/c1-11(15,10(13)14)8-12(2)5-6-16-7-9-3-4-9/h9,15H,3-8H2,1-2H3,(H,13,14). The molecule has 0 aliphatic heterocycles. The van der Waals surface area contributed by atoms with E-state index in [9.17, 15) is 9.90 Å². The lowest BCUT2D eigenvalue weighted by Crippen LogP contribution is -2.46. The molecule has 1 atom stereocenters. The molecule has 5 heteroatoms. The zero-order valence-corrected chi connectivity index (χ0v) is 9.98. The van der Waals surface area contributed by atoms with Gasteiger partial charge in [-0.05, 0) is 32.7 Å². The minimum Gasteiger partial charge on any atom is -0.479 e. The van der Waals surface area contributed by atoms with E-state index in [0.717, 1.165) is 12.5 Å². The Kier molecular flexibility index (Phi) is 4.70. The molecule has 1 rings (SSSR count). The predicted octanol–water partition coefficient (Wildman–Crippen LogP) is 0.180. The molecular formula is C11H21NO4. The van der Waals surface area contributed by atoms with Crippen LogP contribution in [0, 0.1) is 5.92 Å². The average molecular weight is 231 g/mol. The van der Waals surface area contributed by atoms with Gasteiger partial charge in [0.1, 0.15) is 0 Å². The molecule has 0 aromatic heterocycles. The second kappa shape index (κ2) is 5.61. The van der Waals surface area contributed by atoms with Crippen molar-refractivity contribution >= 4 is 5.97 Å². The predicted molar refractivity (Wildman–Crippen MR) is 59.3 cm³/mol. The molecule has 16 heavy (non-hydrogen) atoms. The number of likely N-dealkylation sites (N-methyl/N-ethyl adjacent to an activating group) is 1. The second-order valence-corrected chi connectivity index (χ2v) is 4.84. The van der Waals surface area contributed by atoms with Crippen molar-refractivity contribution in [2.24, 2.45) is 5.92 Å². The fraction of sp³-hybridized carbons (Fsp3) is 0.909. The van der Waals surface area contributed by atoms with Crippen molar-refractivity contribution in [1.82, 2.24) is 4.90 Å². The highest BCUT2D eigenvalue weighted by atomic mass is 16.5. The zero-order chi connectivity index (χ0) is 12.2. The zero-order valence-electron chi connectivity index (χ0n) is 9.98. The van der Waals surface area contributed by atoms with Gasteiger partial charge in [-0.25, -0.2) is 4.79 Å². The van der Waals surface area contributed by atoms with Crippen LogP contribution >= 0.6 is 0 Å². The number of aliphatic hydroxyl groups is 1. The highest BCUT2D eigenvalue weighted by molar-refractivity contribution is 5.76. The van der Waals surface area contributed by atoms with E-state index in [1.165, 1.54) is 19.8 Å². The fourth-order valence-corrected chi connectivity index (χ4v) is 1.43. The van der Waals surface area contributed by atoms with E-state index in [-0.39, 0.29) is 6.54 Å². The lowest BCUT2D eigenvalue weighted by molar-refractivity contribution is -0.158. The molecule has 1 unspecified atom stereocenters. The van der Waals surface area contributed by atoms with Crippen LogP contribution in [0.4, 0.5) is 0 Å². The Morgan fingerprint density at radius 2 is 2.19 bits per heavy atom. The normalized spacial score (nSPS) is 19.8. The molecule has 1 saturated carbocycles. The van der Waals surface area contributed by atoms with E-state index in [1.807, 2.05) is 0 Å². The minimum absolute atomic E-state index is 0.106. The molecule has 0 heterocycles. The van der Waals surface area contributed by atoms with Gasteiger partial charge in [-0.3, -0.25) is 0 Å². The number of hydrogen-bond donors (Lipinski definition) is 2. The topological polar surface area (TPSA) is 70.0 Å². The van der Waals surface area contributed by atoms with E-state index >= 15 is 0 Å². The molecule has 0 amide bonds. The van der Waals surface area contributed by atoms with Crippen LogP contribution in [0.25, 0.3) is 0 Å². The number of nitrogens with zero attached hydrogens (tertiary/aromatic N) is 1. The van der Waals surface area contributed by atoms with Crippen molar-refractivity contribution in [1.29, 1.82) is 0 Å². The maximum Gasteiger partial charge on any atom is 0.336 e. The van der Waals surface area contributed by atoms with Gasteiger partial charge in [-0.15, -0.1) is 0 Å². The van der Waals surface area contributed by atoms with Crippen molar-refractivity contribution < 1.29 is 19.7 Å².